The van der Waals surface area contributed by atoms with Crippen molar-refractivity contribution in [1.82, 2.24) is 0 Å². The van der Waals surface area contributed by atoms with E-state index in [1.165, 1.54) is 0 Å². The van der Waals surface area contributed by atoms with Crippen LogP contribution in [0.2, 0.25) is 0 Å². The number of halogens is 2. The smallest absolute Gasteiger partial charge is 0.354 e. The molecule has 4 nitrogen and oxygen atoms in total. The number of alkyl halides is 2. The van der Waals surface area contributed by atoms with Crippen molar-refractivity contribution in [3.8, 4) is 0 Å². The fourth-order valence-electron chi connectivity index (χ4n) is 1.86. The molecule has 1 rings (SSSR count). The summed E-state index contributed by atoms with van der Waals surface area (Å²) in [5.74, 6) is -3.23. The average molecular weight is 236 g/mol. The molecule has 0 aromatic carbocycles. The number of cyclic esters (lactones) is 1. The highest BCUT2D eigenvalue weighted by molar-refractivity contribution is 5.87. The molecule has 6 heteroatoms. The quantitative estimate of drug-likeness (QED) is 0.754. The van der Waals surface area contributed by atoms with E-state index in [0.29, 0.717) is 6.42 Å². The standard InChI is InChI=1S/C10H14F2O4/c1-5(2)3-6-4-10(8(11)12,9(14)15)16-7(6)13/h5-6,8H,3-4H2,1-2H3,(H,14,15). The number of ether oxygens (including phenoxy) is 1. The van der Waals surface area contributed by atoms with Crippen LogP contribution in [-0.4, -0.2) is 29.1 Å². The summed E-state index contributed by atoms with van der Waals surface area (Å²) in [7, 11) is 0. The van der Waals surface area contributed by atoms with Gasteiger partial charge < -0.3 is 9.84 Å². The second-order valence-electron chi connectivity index (χ2n) is 4.45. The van der Waals surface area contributed by atoms with Crippen molar-refractivity contribution in [2.45, 2.75) is 38.7 Å². The van der Waals surface area contributed by atoms with E-state index in [4.69, 9.17) is 5.11 Å². The highest BCUT2D eigenvalue weighted by atomic mass is 19.3. The molecule has 92 valence electrons. The molecule has 0 radical (unpaired) electrons. The van der Waals surface area contributed by atoms with Crippen LogP contribution in [0.5, 0.6) is 0 Å². The third-order valence-corrected chi connectivity index (χ3v) is 2.64. The minimum absolute atomic E-state index is 0.125. The van der Waals surface area contributed by atoms with Crippen LogP contribution in [0.1, 0.15) is 26.7 Å². The molecule has 0 aliphatic carbocycles. The molecule has 1 N–H and O–H groups in total. The van der Waals surface area contributed by atoms with E-state index < -0.39 is 36.3 Å². The summed E-state index contributed by atoms with van der Waals surface area (Å²) in [6.07, 6.45) is -3.29. The number of hydrogen-bond donors (Lipinski definition) is 1. The number of esters is 1. The summed E-state index contributed by atoms with van der Waals surface area (Å²) in [6.45, 7) is 3.66. The predicted octanol–water partition coefficient (Wildman–Crippen LogP) is 1.68. The van der Waals surface area contributed by atoms with Crippen LogP contribution in [0.25, 0.3) is 0 Å². The van der Waals surface area contributed by atoms with Crippen LogP contribution in [-0.2, 0) is 14.3 Å². The second kappa shape index (κ2) is 4.35. The molecule has 1 aliphatic rings. The molecule has 0 bridgehead atoms. The van der Waals surface area contributed by atoms with E-state index in [-0.39, 0.29) is 5.92 Å². The van der Waals surface area contributed by atoms with Gasteiger partial charge in [0.1, 0.15) is 0 Å². The van der Waals surface area contributed by atoms with Gasteiger partial charge >= 0.3 is 11.9 Å². The Kier molecular flexibility index (Phi) is 3.50. The summed E-state index contributed by atoms with van der Waals surface area (Å²) >= 11 is 0. The van der Waals surface area contributed by atoms with Crippen molar-refractivity contribution >= 4 is 11.9 Å². The first-order chi connectivity index (χ1) is 7.29. The van der Waals surface area contributed by atoms with E-state index in [2.05, 4.69) is 4.74 Å². The topological polar surface area (TPSA) is 63.6 Å². The van der Waals surface area contributed by atoms with Gasteiger partial charge in [-0.05, 0) is 12.3 Å². The third kappa shape index (κ3) is 2.15. The van der Waals surface area contributed by atoms with Crippen LogP contribution in [0.4, 0.5) is 8.78 Å². The Balaban J connectivity index is 2.87. The molecule has 2 atom stereocenters. The van der Waals surface area contributed by atoms with E-state index in [1.807, 2.05) is 13.8 Å². The summed E-state index contributed by atoms with van der Waals surface area (Å²) in [6, 6.07) is 0. The highest BCUT2D eigenvalue weighted by Crippen LogP contribution is 2.39. The van der Waals surface area contributed by atoms with Crippen molar-refractivity contribution < 1.29 is 28.2 Å². The molecule has 2 unspecified atom stereocenters. The zero-order chi connectivity index (χ0) is 12.5. The van der Waals surface area contributed by atoms with E-state index in [9.17, 15) is 18.4 Å². The maximum atomic E-state index is 12.7. The third-order valence-electron chi connectivity index (χ3n) is 2.64. The number of carboxylic acids is 1. The van der Waals surface area contributed by atoms with Crippen LogP contribution < -0.4 is 0 Å². The molecule has 0 spiro atoms. The average Bonchev–Trinajstić information content (AvgIpc) is 2.44. The largest absolute Gasteiger partial charge is 0.478 e. The minimum atomic E-state index is -3.20. The molecular formula is C10H14F2O4. The van der Waals surface area contributed by atoms with Gasteiger partial charge in [0.05, 0.1) is 5.92 Å². The normalized spacial score (nSPS) is 29.9. The number of carboxylic acid groups (broad SMARTS) is 1. The zero-order valence-corrected chi connectivity index (χ0v) is 9.07. The van der Waals surface area contributed by atoms with Crippen molar-refractivity contribution in [1.29, 1.82) is 0 Å². The number of rotatable bonds is 4. The lowest BCUT2D eigenvalue weighted by molar-refractivity contribution is -0.186. The molecule has 1 heterocycles. The van der Waals surface area contributed by atoms with Gasteiger partial charge in [0, 0.05) is 6.42 Å². The Hall–Kier alpha value is -1.20. The molecule has 0 saturated carbocycles. The van der Waals surface area contributed by atoms with Gasteiger partial charge in [0.2, 0.25) is 0 Å². The Morgan fingerprint density at radius 1 is 1.62 bits per heavy atom. The van der Waals surface area contributed by atoms with Gasteiger partial charge in [-0.25, -0.2) is 13.6 Å². The number of aliphatic carboxylic acids is 1. The Bertz CT molecular complexity index is 303. The SMILES string of the molecule is CC(C)CC1CC(C(=O)O)(C(F)F)OC1=O. The number of carbonyl (C=O) groups excluding carboxylic acids is 1. The summed E-state index contributed by atoms with van der Waals surface area (Å²) in [4.78, 5) is 22.1. The fourth-order valence-corrected chi connectivity index (χ4v) is 1.86. The Morgan fingerprint density at radius 3 is 2.50 bits per heavy atom. The maximum Gasteiger partial charge on any atom is 0.354 e. The first kappa shape index (κ1) is 12.9. The summed E-state index contributed by atoms with van der Waals surface area (Å²) in [5, 5.41) is 8.75. The van der Waals surface area contributed by atoms with Crippen molar-refractivity contribution in [2.24, 2.45) is 11.8 Å². The Labute approximate surface area is 91.6 Å². The first-order valence-corrected chi connectivity index (χ1v) is 5.04. The molecule has 1 fully saturated rings. The van der Waals surface area contributed by atoms with Gasteiger partial charge in [0.15, 0.2) is 0 Å². The fraction of sp³-hybridized carbons (Fsp3) is 0.800. The molecule has 16 heavy (non-hydrogen) atoms. The van der Waals surface area contributed by atoms with Crippen LogP contribution in [0.3, 0.4) is 0 Å². The lowest BCUT2D eigenvalue weighted by Gasteiger charge is -2.21. The minimum Gasteiger partial charge on any atom is -0.478 e. The van der Waals surface area contributed by atoms with Crippen molar-refractivity contribution in [3.05, 3.63) is 0 Å². The summed E-state index contributed by atoms with van der Waals surface area (Å²) < 4.78 is 29.7. The van der Waals surface area contributed by atoms with Gasteiger partial charge in [-0.3, -0.25) is 4.79 Å². The van der Waals surface area contributed by atoms with E-state index in [0.717, 1.165) is 0 Å². The maximum absolute atomic E-state index is 12.7. The number of carbonyl (C=O) groups is 2. The van der Waals surface area contributed by atoms with Gasteiger partial charge in [0.25, 0.3) is 12.0 Å². The van der Waals surface area contributed by atoms with Crippen LogP contribution in [0.15, 0.2) is 0 Å². The molecule has 1 aliphatic heterocycles. The molecule has 0 amide bonds. The number of hydrogen-bond acceptors (Lipinski definition) is 3. The second-order valence-corrected chi connectivity index (χ2v) is 4.45. The van der Waals surface area contributed by atoms with Gasteiger partial charge in [-0.15, -0.1) is 0 Å². The monoisotopic (exact) mass is 236 g/mol. The summed E-state index contributed by atoms with van der Waals surface area (Å²) in [5.41, 5.74) is -2.64. The molecular weight excluding hydrogens is 222 g/mol. The van der Waals surface area contributed by atoms with Gasteiger partial charge in [-0.2, -0.15) is 0 Å². The zero-order valence-electron chi connectivity index (χ0n) is 9.07. The molecule has 0 aromatic heterocycles. The first-order valence-electron chi connectivity index (χ1n) is 5.04. The highest BCUT2D eigenvalue weighted by Gasteiger charge is 2.59. The van der Waals surface area contributed by atoms with Crippen molar-refractivity contribution in [2.75, 3.05) is 0 Å². The molecule has 0 aromatic rings. The Morgan fingerprint density at radius 2 is 2.19 bits per heavy atom. The van der Waals surface area contributed by atoms with E-state index >= 15 is 0 Å². The van der Waals surface area contributed by atoms with E-state index in [1.54, 1.807) is 0 Å². The predicted molar refractivity (Wildman–Crippen MR) is 50.0 cm³/mol. The van der Waals surface area contributed by atoms with Crippen molar-refractivity contribution in [3.63, 3.8) is 0 Å². The lowest BCUT2D eigenvalue weighted by atomic mass is 9.89. The lowest BCUT2D eigenvalue weighted by Crippen LogP contribution is -2.45. The van der Waals surface area contributed by atoms with Gasteiger partial charge in [-0.1, -0.05) is 13.8 Å². The van der Waals surface area contributed by atoms with Crippen LogP contribution >= 0.6 is 0 Å². The van der Waals surface area contributed by atoms with Crippen LogP contribution in [0, 0.1) is 11.8 Å². The molecule has 1 saturated heterocycles.